The number of hydrogen-bond donors (Lipinski definition) is 0. The van der Waals surface area contributed by atoms with Gasteiger partial charge in [0.2, 0.25) is 0 Å². The lowest BCUT2D eigenvalue weighted by Crippen LogP contribution is -2.05. The predicted octanol–water partition coefficient (Wildman–Crippen LogP) is 4.83. The summed E-state index contributed by atoms with van der Waals surface area (Å²) in [5.41, 5.74) is 0.691. The Bertz CT molecular complexity index is 805. The molecule has 0 saturated heterocycles. The number of ether oxygens (including phenoxy) is 2. The standard InChI is InChI=1S/C20H21O7P/c1-4-24-19(21)15-7-11-17(12-8-15)26-28(23,6-3)27-18-13-9-16(10-14-18)20(22)25-5-2/h6-14H,3-5H2,1-2H3. The summed E-state index contributed by atoms with van der Waals surface area (Å²) >= 11 is 0. The van der Waals surface area contributed by atoms with Crippen LogP contribution in [0.1, 0.15) is 34.6 Å². The van der Waals surface area contributed by atoms with Gasteiger partial charge in [0.05, 0.1) is 24.3 Å². The molecule has 0 heterocycles. The van der Waals surface area contributed by atoms with Gasteiger partial charge >= 0.3 is 19.5 Å². The zero-order chi connectivity index (χ0) is 20.6. The maximum atomic E-state index is 12.8. The minimum absolute atomic E-state index is 0.236. The summed E-state index contributed by atoms with van der Waals surface area (Å²) in [7, 11) is -3.72. The average molecular weight is 404 g/mol. The Balaban J connectivity index is 2.08. The first-order chi connectivity index (χ1) is 13.4. The van der Waals surface area contributed by atoms with Gasteiger partial charge in [0.25, 0.3) is 0 Å². The van der Waals surface area contributed by atoms with Gasteiger partial charge in [0.15, 0.2) is 0 Å². The summed E-state index contributed by atoms with van der Waals surface area (Å²) in [6, 6.07) is 11.9. The molecule has 0 spiro atoms. The highest BCUT2D eigenvalue weighted by atomic mass is 31.2. The summed E-state index contributed by atoms with van der Waals surface area (Å²) in [5, 5.41) is 0. The van der Waals surface area contributed by atoms with Crippen molar-refractivity contribution in [2.45, 2.75) is 13.8 Å². The maximum Gasteiger partial charge on any atom is 0.455 e. The summed E-state index contributed by atoms with van der Waals surface area (Å²) < 4.78 is 33.5. The highest BCUT2D eigenvalue weighted by molar-refractivity contribution is 7.58. The zero-order valence-corrected chi connectivity index (χ0v) is 16.5. The quantitative estimate of drug-likeness (QED) is 0.437. The molecule has 0 bridgehead atoms. The van der Waals surface area contributed by atoms with E-state index in [1.807, 2.05) is 0 Å². The predicted molar refractivity (Wildman–Crippen MR) is 104 cm³/mol. The number of rotatable bonds is 9. The Morgan fingerprint density at radius 1 is 0.821 bits per heavy atom. The second kappa shape index (κ2) is 9.76. The lowest BCUT2D eigenvalue weighted by molar-refractivity contribution is 0.0516. The number of benzene rings is 2. The van der Waals surface area contributed by atoms with E-state index in [2.05, 4.69) is 6.58 Å². The van der Waals surface area contributed by atoms with Crippen molar-refractivity contribution in [3.63, 3.8) is 0 Å². The van der Waals surface area contributed by atoms with Crippen LogP contribution in [0.25, 0.3) is 0 Å². The fourth-order valence-corrected chi connectivity index (χ4v) is 3.14. The highest BCUT2D eigenvalue weighted by Crippen LogP contribution is 2.49. The van der Waals surface area contributed by atoms with Gasteiger partial charge in [-0.3, -0.25) is 0 Å². The Morgan fingerprint density at radius 3 is 1.46 bits per heavy atom. The third kappa shape index (κ3) is 5.72. The molecule has 2 aromatic carbocycles. The summed E-state index contributed by atoms with van der Waals surface area (Å²) in [5.74, 6) is 0.627. The molecule has 7 nitrogen and oxygen atoms in total. The van der Waals surface area contributed by atoms with Crippen molar-refractivity contribution in [1.82, 2.24) is 0 Å². The number of esters is 2. The van der Waals surface area contributed by atoms with Crippen LogP contribution in [0.15, 0.2) is 60.9 Å². The van der Waals surface area contributed by atoms with E-state index in [4.69, 9.17) is 18.5 Å². The summed E-state index contributed by atoms with van der Waals surface area (Å²) in [6.07, 6.45) is 0. The molecule has 0 amide bonds. The van der Waals surface area contributed by atoms with Crippen molar-refractivity contribution in [3.8, 4) is 11.5 Å². The number of hydrogen-bond acceptors (Lipinski definition) is 7. The first-order valence-corrected chi connectivity index (χ1v) is 10.2. The van der Waals surface area contributed by atoms with Gasteiger partial charge in [-0.15, -0.1) is 0 Å². The third-order valence-electron chi connectivity index (χ3n) is 3.42. The lowest BCUT2D eigenvalue weighted by Gasteiger charge is -2.17. The van der Waals surface area contributed by atoms with Crippen LogP contribution < -0.4 is 9.05 Å². The zero-order valence-electron chi connectivity index (χ0n) is 15.6. The van der Waals surface area contributed by atoms with E-state index in [1.165, 1.54) is 48.5 Å². The van der Waals surface area contributed by atoms with Crippen LogP contribution in [0.3, 0.4) is 0 Å². The van der Waals surface area contributed by atoms with E-state index in [0.717, 1.165) is 5.82 Å². The normalized spacial score (nSPS) is 10.6. The SMILES string of the molecule is C=CP(=O)(Oc1ccc(C(=O)OCC)cc1)Oc1ccc(C(=O)OCC)cc1. The third-order valence-corrected chi connectivity index (χ3v) is 4.80. The molecule has 0 aliphatic rings. The van der Waals surface area contributed by atoms with Crippen molar-refractivity contribution in [1.29, 1.82) is 0 Å². The first kappa shape index (κ1) is 21.3. The van der Waals surface area contributed by atoms with Crippen molar-refractivity contribution >= 4 is 19.5 Å². The molecule has 0 fully saturated rings. The fourth-order valence-electron chi connectivity index (χ4n) is 2.12. The molecule has 0 atom stereocenters. The Morgan fingerprint density at radius 2 is 1.18 bits per heavy atom. The van der Waals surface area contributed by atoms with Crippen molar-refractivity contribution < 1.29 is 32.7 Å². The largest absolute Gasteiger partial charge is 0.462 e. The van der Waals surface area contributed by atoms with Gasteiger partial charge in [0, 0.05) is 5.82 Å². The topological polar surface area (TPSA) is 88.1 Å². The van der Waals surface area contributed by atoms with E-state index >= 15 is 0 Å². The van der Waals surface area contributed by atoms with E-state index in [0.29, 0.717) is 11.1 Å². The van der Waals surface area contributed by atoms with E-state index in [-0.39, 0.29) is 24.7 Å². The Hall–Kier alpha value is -3.05. The highest BCUT2D eigenvalue weighted by Gasteiger charge is 2.24. The van der Waals surface area contributed by atoms with Crippen LogP contribution >= 0.6 is 7.60 Å². The van der Waals surface area contributed by atoms with Gasteiger partial charge in [0.1, 0.15) is 11.5 Å². The molecule has 0 saturated carbocycles. The van der Waals surface area contributed by atoms with Crippen LogP contribution in [0, 0.1) is 0 Å². The average Bonchev–Trinajstić information content (AvgIpc) is 2.69. The summed E-state index contributed by atoms with van der Waals surface area (Å²) in [4.78, 5) is 23.3. The molecule has 0 aliphatic heterocycles. The first-order valence-electron chi connectivity index (χ1n) is 8.57. The molecule has 0 aromatic heterocycles. The molecule has 0 aliphatic carbocycles. The minimum Gasteiger partial charge on any atom is -0.462 e. The molecule has 148 valence electrons. The van der Waals surface area contributed by atoms with Gasteiger partial charge in [-0.05, 0) is 62.4 Å². The second-order valence-corrected chi connectivity index (χ2v) is 7.20. The van der Waals surface area contributed by atoms with Crippen LogP contribution in [-0.2, 0) is 14.0 Å². The van der Waals surface area contributed by atoms with Crippen molar-refractivity contribution in [3.05, 3.63) is 72.1 Å². The van der Waals surface area contributed by atoms with Gasteiger partial charge < -0.3 is 18.5 Å². The van der Waals surface area contributed by atoms with E-state index in [9.17, 15) is 14.2 Å². The van der Waals surface area contributed by atoms with Crippen molar-refractivity contribution in [2.24, 2.45) is 0 Å². The fraction of sp³-hybridized carbons (Fsp3) is 0.200. The number of carbonyl (C=O) groups excluding carboxylic acids is 2. The molecule has 28 heavy (non-hydrogen) atoms. The Kier molecular flexibility index (Phi) is 7.41. The van der Waals surface area contributed by atoms with E-state index < -0.39 is 19.5 Å². The van der Waals surface area contributed by atoms with Crippen LogP contribution in [-0.4, -0.2) is 25.2 Å². The van der Waals surface area contributed by atoms with Crippen LogP contribution in [0.5, 0.6) is 11.5 Å². The van der Waals surface area contributed by atoms with Gasteiger partial charge in [-0.2, -0.15) is 0 Å². The summed E-state index contributed by atoms with van der Waals surface area (Å²) in [6.45, 7) is 7.47. The molecule has 2 rings (SSSR count). The minimum atomic E-state index is -3.72. The Labute approximate surface area is 163 Å². The van der Waals surface area contributed by atoms with Crippen LogP contribution in [0.2, 0.25) is 0 Å². The van der Waals surface area contributed by atoms with Gasteiger partial charge in [-0.25, -0.2) is 14.2 Å². The van der Waals surface area contributed by atoms with Crippen molar-refractivity contribution in [2.75, 3.05) is 13.2 Å². The van der Waals surface area contributed by atoms with E-state index in [1.54, 1.807) is 13.8 Å². The molecule has 8 heteroatoms. The molecule has 0 radical (unpaired) electrons. The molecule has 0 unspecified atom stereocenters. The maximum absolute atomic E-state index is 12.8. The monoisotopic (exact) mass is 404 g/mol. The number of carbonyl (C=O) groups is 2. The second-order valence-electron chi connectivity index (χ2n) is 5.39. The van der Waals surface area contributed by atoms with Crippen LogP contribution in [0.4, 0.5) is 0 Å². The molecular formula is C20H21O7P. The van der Waals surface area contributed by atoms with Gasteiger partial charge in [-0.1, -0.05) is 6.58 Å². The lowest BCUT2D eigenvalue weighted by atomic mass is 10.2. The smallest absolute Gasteiger partial charge is 0.455 e. The molecular weight excluding hydrogens is 383 g/mol. The molecule has 2 aromatic rings. The molecule has 0 N–H and O–H groups in total.